The van der Waals surface area contributed by atoms with E-state index in [9.17, 15) is 0 Å². The number of methoxy groups -OCH3 is 1. The third-order valence-corrected chi connectivity index (χ3v) is 3.33. The van der Waals surface area contributed by atoms with E-state index in [4.69, 9.17) is 10.5 Å². The third kappa shape index (κ3) is 6.09. The molecule has 4 nitrogen and oxygen atoms in total. The van der Waals surface area contributed by atoms with Gasteiger partial charge in [-0.15, -0.1) is 24.0 Å². The van der Waals surface area contributed by atoms with E-state index in [1.165, 1.54) is 19.3 Å². The number of nitrogens with one attached hydrogen (secondary N) is 1. The van der Waals surface area contributed by atoms with Crippen molar-refractivity contribution in [1.29, 1.82) is 0 Å². The summed E-state index contributed by atoms with van der Waals surface area (Å²) >= 11 is 0. The molecule has 1 aromatic carbocycles. The molecular weight excluding hydrogens is 365 g/mol. The van der Waals surface area contributed by atoms with Crippen LogP contribution in [0.2, 0.25) is 0 Å². The van der Waals surface area contributed by atoms with E-state index in [1.807, 2.05) is 24.3 Å². The fourth-order valence-electron chi connectivity index (χ4n) is 2.09. The van der Waals surface area contributed by atoms with E-state index in [-0.39, 0.29) is 24.0 Å². The van der Waals surface area contributed by atoms with Gasteiger partial charge < -0.3 is 15.8 Å². The van der Waals surface area contributed by atoms with Crippen molar-refractivity contribution in [2.75, 3.05) is 19.0 Å². The summed E-state index contributed by atoms with van der Waals surface area (Å²) in [5, 5.41) is 3.15. The molecule has 0 heterocycles. The quantitative estimate of drug-likeness (QED) is 0.325. The average molecular weight is 389 g/mol. The first-order valence-corrected chi connectivity index (χ1v) is 6.93. The van der Waals surface area contributed by atoms with E-state index < -0.39 is 0 Å². The smallest absolute Gasteiger partial charge is 0.193 e. The van der Waals surface area contributed by atoms with Crippen LogP contribution in [-0.4, -0.2) is 19.6 Å². The molecule has 1 aliphatic rings. The molecule has 20 heavy (non-hydrogen) atoms. The number of rotatable bonds is 7. The Balaban J connectivity index is 0.00000200. The summed E-state index contributed by atoms with van der Waals surface area (Å²) in [5.74, 6) is 1.45. The molecule has 0 aliphatic heterocycles. The van der Waals surface area contributed by atoms with Crippen LogP contribution >= 0.6 is 24.0 Å². The lowest BCUT2D eigenvalue weighted by molar-refractivity contribution is 0.185. The number of anilines is 1. The fraction of sp³-hybridized carbons (Fsp3) is 0.533. The van der Waals surface area contributed by atoms with Crippen molar-refractivity contribution in [3.8, 4) is 0 Å². The maximum Gasteiger partial charge on any atom is 0.193 e. The van der Waals surface area contributed by atoms with Crippen LogP contribution < -0.4 is 11.1 Å². The van der Waals surface area contributed by atoms with Crippen LogP contribution in [0.15, 0.2) is 29.3 Å². The van der Waals surface area contributed by atoms with Gasteiger partial charge in [0, 0.05) is 24.9 Å². The Bertz CT molecular complexity index is 433. The molecule has 1 aromatic rings. The molecule has 112 valence electrons. The average Bonchev–Trinajstić information content (AvgIpc) is 3.21. The number of aliphatic imine (C=N–C) groups is 1. The summed E-state index contributed by atoms with van der Waals surface area (Å²) in [6.45, 7) is 1.37. The molecule has 0 atom stereocenters. The monoisotopic (exact) mass is 389 g/mol. The Morgan fingerprint density at radius 3 is 2.85 bits per heavy atom. The molecule has 0 saturated heterocycles. The SMILES string of the molecule is COCc1ccccc1NC(N)=NCCCC1CC1.I. The molecule has 0 spiro atoms. The Hall–Kier alpha value is -0.820. The van der Waals surface area contributed by atoms with Crippen LogP contribution in [0.5, 0.6) is 0 Å². The van der Waals surface area contributed by atoms with Crippen LogP contribution in [0.4, 0.5) is 5.69 Å². The van der Waals surface area contributed by atoms with Crippen molar-refractivity contribution >= 4 is 35.6 Å². The highest BCUT2D eigenvalue weighted by molar-refractivity contribution is 14.0. The van der Waals surface area contributed by atoms with Gasteiger partial charge in [-0.2, -0.15) is 0 Å². The second kappa shape index (κ2) is 9.18. The molecular formula is C15H24IN3O. The zero-order valence-corrected chi connectivity index (χ0v) is 14.3. The molecule has 5 heteroatoms. The van der Waals surface area contributed by atoms with Crippen molar-refractivity contribution in [3.05, 3.63) is 29.8 Å². The Labute approximate surface area is 138 Å². The number of halogens is 1. The number of para-hydroxylation sites is 1. The molecule has 1 saturated carbocycles. The first-order chi connectivity index (χ1) is 9.29. The summed E-state index contributed by atoms with van der Waals surface area (Å²) in [4.78, 5) is 4.36. The topological polar surface area (TPSA) is 59.6 Å². The predicted molar refractivity (Wildman–Crippen MR) is 94.6 cm³/mol. The van der Waals surface area contributed by atoms with Crippen molar-refractivity contribution in [2.24, 2.45) is 16.6 Å². The highest BCUT2D eigenvalue weighted by Gasteiger charge is 2.19. The molecule has 0 unspecified atom stereocenters. The van der Waals surface area contributed by atoms with Crippen molar-refractivity contribution in [2.45, 2.75) is 32.3 Å². The zero-order chi connectivity index (χ0) is 13.5. The minimum atomic E-state index is 0. The van der Waals surface area contributed by atoms with Gasteiger partial charge in [-0.3, -0.25) is 4.99 Å². The minimum absolute atomic E-state index is 0. The van der Waals surface area contributed by atoms with Gasteiger partial charge in [-0.1, -0.05) is 31.0 Å². The summed E-state index contributed by atoms with van der Waals surface area (Å²) < 4.78 is 5.16. The molecule has 0 bridgehead atoms. The number of hydrogen-bond acceptors (Lipinski definition) is 2. The lowest BCUT2D eigenvalue weighted by Crippen LogP contribution is -2.23. The number of guanidine groups is 1. The minimum Gasteiger partial charge on any atom is -0.380 e. The van der Waals surface area contributed by atoms with E-state index in [2.05, 4.69) is 10.3 Å². The predicted octanol–water partition coefficient (Wildman–Crippen LogP) is 3.37. The van der Waals surface area contributed by atoms with Gasteiger partial charge >= 0.3 is 0 Å². The molecule has 2 rings (SSSR count). The number of nitrogens with two attached hydrogens (primary N) is 1. The van der Waals surface area contributed by atoms with Gasteiger partial charge in [-0.25, -0.2) is 0 Å². The summed E-state index contributed by atoms with van der Waals surface area (Å²) in [6.07, 6.45) is 5.23. The van der Waals surface area contributed by atoms with E-state index in [0.29, 0.717) is 12.6 Å². The van der Waals surface area contributed by atoms with Crippen LogP contribution in [0.3, 0.4) is 0 Å². The molecule has 0 aromatic heterocycles. The molecule has 0 radical (unpaired) electrons. The molecule has 1 aliphatic carbocycles. The lowest BCUT2D eigenvalue weighted by atomic mass is 10.2. The van der Waals surface area contributed by atoms with Crippen LogP contribution in [0.1, 0.15) is 31.2 Å². The summed E-state index contributed by atoms with van der Waals surface area (Å²) in [5.41, 5.74) is 7.95. The van der Waals surface area contributed by atoms with Crippen molar-refractivity contribution < 1.29 is 4.74 Å². The Morgan fingerprint density at radius 2 is 2.15 bits per heavy atom. The second-order valence-corrected chi connectivity index (χ2v) is 5.07. The highest BCUT2D eigenvalue weighted by atomic mass is 127. The summed E-state index contributed by atoms with van der Waals surface area (Å²) in [6, 6.07) is 7.97. The number of nitrogens with zero attached hydrogens (tertiary/aromatic N) is 1. The van der Waals surface area contributed by atoms with Crippen molar-refractivity contribution in [3.63, 3.8) is 0 Å². The van der Waals surface area contributed by atoms with Crippen molar-refractivity contribution in [1.82, 2.24) is 0 Å². The number of hydrogen-bond donors (Lipinski definition) is 2. The van der Waals surface area contributed by atoms with Crippen LogP contribution in [-0.2, 0) is 11.3 Å². The standard InChI is InChI=1S/C15H23N3O.HI/c1-19-11-13-6-2-3-7-14(13)18-15(16)17-10-4-5-12-8-9-12;/h2-3,6-7,12H,4-5,8-11H2,1H3,(H3,16,17,18);1H. The van der Waals surface area contributed by atoms with Gasteiger partial charge in [0.1, 0.15) is 0 Å². The number of benzene rings is 1. The Morgan fingerprint density at radius 1 is 1.40 bits per heavy atom. The zero-order valence-electron chi connectivity index (χ0n) is 12.0. The second-order valence-electron chi connectivity index (χ2n) is 5.07. The molecule has 0 amide bonds. The van der Waals surface area contributed by atoms with Gasteiger partial charge in [0.15, 0.2) is 5.96 Å². The highest BCUT2D eigenvalue weighted by Crippen LogP contribution is 2.33. The first kappa shape index (κ1) is 17.2. The Kier molecular flexibility index (Phi) is 7.91. The molecule has 3 N–H and O–H groups in total. The third-order valence-electron chi connectivity index (χ3n) is 3.33. The lowest BCUT2D eigenvalue weighted by Gasteiger charge is -2.10. The van der Waals surface area contributed by atoms with Gasteiger partial charge in [0.25, 0.3) is 0 Å². The molecule has 1 fully saturated rings. The van der Waals surface area contributed by atoms with E-state index in [0.717, 1.165) is 30.1 Å². The van der Waals surface area contributed by atoms with Gasteiger partial charge in [0.05, 0.1) is 6.61 Å². The maximum atomic E-state index is 5.90. The van der Waals surface area contributed by atoms with Crippen LogP contribution in [0.25, 0.3) is 0 Å². The summed E-state index contributed by atoms with van der Waals surface area (Å²) in [7, 11) is 1.69. The van der Waals surface area contributed by atoms with Gasteiger partial charge in [-0.05, 0) is 24.8 Å². The maximum absolute atomic E-state index is 5.90. The largest absolute Gasteiger partial charge is 0.380 e. The normalized spacial score (nSPS) is 14.8. The van der Waals surface area contributed by atoms with E-state index >= 15 is 0 Å². The van der Waals surface area contributed by atoms with Gasteiger partial charge in [0.2, 0.25) is 0 Å². The first-order valence-electron chi connectivity index (χ1n) is 6.93. The number of ether oxygens (including phenoxy) is 1. The van der Waals surface area contributed by atoms with Crippen LogP contribution in [0, 0.1) is 5.92 Å². The van der Waals surface area contributed by atoms with E-state index in [1.54, 1.807) is 7.11 Å². The fourth-order valence-corrected chi connectivity index (χ4v) is 2.09.